The third-order valence-corrected chi connectivity index (χ3v) is 4.68. The minimum absolute atomic E-state index is 0.0672. The Kier molecular flexibility index (Phi) is 5.47. The van der Waals surface area contributed by atoms with Crippen LogP contribution in [0.1, 0.15) is 66.8 Å². The molecule has 112 valence electrons. The largest absolute Gasteiger partial charge is 0.113 e. The van der Waals surface area contributed by atoms with Crippen LogP contribution in [0.15, 0.2) is 42.5 Å². The van der Waals surface area contributed by atoms with Gasteiger partial charge in [-0.25, -0.2) is 0 Å². The molecule has 0 aliphatic rings. The zero-order valence-corrected chi connectivity index (χ0v) is 14.2. The fourth-order valence-electron chi connectivity index (χ4n) is 2.72. The molecule has 0 radical (unpaired) electrons. The van der Waals surface area contributed by atoms with Crippen LogP contribution in [0.25, 0.3) is 0 Å². The van der Waals surface area contributed by atoms with Gasteiger partial charge in [0.2, 0.25) is 0 Å². The topological polar surface area (TPSA) is 0 Å². The summed E-state index contributed by atoms with van der Waals surface area (Å²) in [6.45, 7) is 8.84. The smallest absolute Gasteiger partial charge is 0.0835 e. The van der Waals surface area contributed by atoms with Gasteiger partial charge in [-0.15, -0.1) is 11.6 Å². The zero-order valence-electron chi connectivity index (χ0n) is 13.5. The summed E-state index contributed by atoms with van der Waals surface area (Å²) < 4.78 is 0. The van der Waals surface area contributed by atoms with Crippen LogP contribution in [0.2, 0.25) is 0 Å². The van der Waals surface area contributed by atoms with E-state index in [1.54, 1.807) is 0 Å². The highest BCUT2D eigenvalue weighted by Gasteiger charge is 2.12. The summed E-state index contributed by atoms with van der Waals surface area (Å²) in [4.78, 5) is 0. The first-order chi connectivity index (χ1) is 10.1. The molecule has 0 heterocycles. The van der Waals surface area contributed by atoms with Crippen LogP contribution in [0.5, 0.6) is 0 Å². The molecule has 1 atom stereocenters. The molecular weight excluding hydrogens is 276 g/mol. The maximum absolute atomic E-state index is 6.69. The molecular formula is C20H25Cl. The van der Waals surface area contributed by atoms with Crippen molar-refractivity contribution >= 4 is 11.6 Å². The van der Waals surface area contributed by atoms with Crippen molar-refractivity contribution in [1.29, 1.82) is 0 Å². The molecule has 2 aromatic rings. The Labute approximate surface area is 134 Å². The Balaban J connectivity index is 2.28. The molecule has 0 aromatic heterocycles. The van der Waals surface area contributed by atoms with Gasteiger partial charge < -0.3 is 0 Å². The quantitative estimate of drug-likeness (QED) is 0.571. The van der Waals surface area contributed by atoms with Crippen molar-refractivity contribution in [1.82, 2.24) is 0 Å². The van der Waals surface area contributed by atoms with E-state index >= 15 is 0 Å². The van der Waals surface area contributed by atoms with Crippen LogP contribution in [-0.4, -0.2) is 0 Å². The Bertz CT molecular complexity index is 581. The lowest BCUT2D eigenvalue weighted by Gasteiger charge is -2.15. The van der Waals surface area contributed by atoms with E-state index in [-0.39, 0.29) is 5.38 Å². The number of hydrogen-bond acceptors (Lipinski definition) is 0. The molecule has 0 bridgehead atoms. The monoisotopic (exact) mass is 300 g/mol. The predicted molar refractivity (Wildman–Crippen MR) is 93.4 cm³/mol. The maximum atomic E-state index is 6.69. The number of rotatable bonds is 5. The van der Waals surface area contributed by atoms with E-state index in [9.17, 15) is 0 Å². The molecule has 0 nitrogen and oxygen atoms in total. The van der Waals surface area contributed by atoms with Gasteiger partial charge in [0.15, 0.2) is 0 Å². The highest BCUT2D eigenvalue weighted by atomic mass is 35.5. The molecule has 0 amide bonds. The SMILES string of the molecule is CCc1ccc(C(Cl)c2ccc(C(C)C)cc2)cc1CC. The fraction of sp³-hybridized carbons (Fsp3) is 0.400. The van der Waals surface area contributed by atoms with Crippen LogP contribution in [0.4, 0.5) is 0 Å². The van der Waals surface area contributed by atoms with Gasteiger partial charge in [-0.05, 0) is 46.6 Å². The summed E-state index contributed by atoms with van der Waals surface area (Å²) in [5.74, 6) is 0.559. The van der Waals surface area contributed by atoms with E-state index in [4.69, 9.17) is 11.6 Å². The Morgan fingerprint density at radius 2 is 1.29 bits per heavy atom. The Hall–Kier alpha value is -1.27. The molecule has 21 heavy (non-hydrogen) atoms. The highest BCUT2D eigenvalue weighted by molar-refractivity contribution is 6.22. The third kappa shape index (κ3) is 3.68. The van der Waals surface area contributed by atoms with E-state index in [0.717, 1.165) is 12.8 Å². The molecule has 0 aliphatic carbocycles. The first-order valence-electron chi connectivity index (χ1n) is 7.92. The van der Waals surface area contributed by atoms with Crippen molar-refractivity contribution in [2.75, 3.05) is 0 Å². The first-order valence-corrected chi connectivity index (χ1v) is 8.36. The predicted octanol–water partition coefficient (Wildman–Crippen LogP) is 6.26. The van der Waals surface area contributed by atoms with Gasteiger partial charge in [0.1, 0.15) is 0 Å². The van der Waals surface area contributed by atoms with Crippen molar-refractivity contribution in [2.24, 2.45) is 0 Å². The molecule has 2 aromatic carbocycles. The molecule has 0 saturated heterocycles. The van der Waals surface area contributed by atoms with Crippen molar-refractivity contribution in [3.63, 3.8) is 0 Å². The number of aryl methyl sites for hydroxylation is 2. The van der Waals surface area contributed by atoms with Crippen molar-refractivity contribution in [2.45, 2.75) is 51.8 Å². The molecule has 0 aliphatic heterocycles. The lowest BCUT2D eigenvalue weighted by Crippen LogP contribution is -1.98. The van der Waals surface area contributed by atoms with E-state index < -0.39 is 0 Å². The lowest BCUT2D eigenvalue weighted by atomic mass is 9.95. The van der Waals surface area contributed by atoms with Crippen LogP contribution in [-0.2, 0) is 12.8 Å². The second-order valence-corrected chi connectivity index (χ2v) is 6.36. The lowest BCUT2D eigenvalue weighted by molar-refractivity contribution is 0.865. The van der Waals surface area contributed by atoms with Gasteiger partial charge in [0.05, 0.1) is 5.38 Å². The number of benzene rings is 2. The molecule has 2 rings (SSSR count). The first kappa shape index (κ1) is 16.1. The van der Waals surface area contributed by atoms with E-state index in [0.29, 0.717) is 5.92 Å². The molecule has 1 heteroatoms. The second kappa shape index (κ2) is 7.13. The fourth-order valence-corrected chi connectivity index (χ4v) is 3.00. The summed E-state index contributed by atoms with van der Waals surface area (Å²) in [7, 11) is 0. The second-order valence-electron chi connectivity index (χ2n) is 5.92. The highest BCUT2D eigenvalue weighted by Crippen LogP contribution is 2.31. The summed E-state index contributed by atoms with van der Waals surface area (Å²) >= 11 is 6.69. The number of alkyl halides is 1. The average Bonchev–Trinajstić information content (AvgIpc) is 2.53. The summed E-state index contributed by atoms with van der Waals surface area (Å²) in [6.07, 6.45) is 2.15. The van der Waals surface area contributed by atoms with Gasteiger partial charge >= 0.3 is 0 Å². The zero-order chi connectivity index (χ0) is 15.4. The minimum Gasteiger partial charge on any atom is -0.113 e. The van der Waals surface area contributed by atoms with Gasteiger partial charge in [0, 0.05) is 0 Å². The van der Waals surface area contributed by atoms with Crippen LogP contribution >= 0.6 is 11.6 Å². The standard InChI is InChI=1S/C20H25Cl/c1-5-15-7-12-19(13-16(15)6-2)20(21)18-10-8-17(9-11-18)14(3)4/h7-14,20H,5-6H2,1-4H3. The Morgan fingerprint density at radius 1 is 0.762 bits per heavy atom. The molecule has 1 unspecified atom stereocenters. The Morgan fingerprint density at radius 3 is 1.81 bits per heavy atom. The average molecular weight is 301 g/mol. The van der Waals surface area contributed by atoms with Gasteiger partial charge in [-0.1, -0.05) is 70.2 Å². The number of hydrogen-bond donors (Lipinski definition) is 0. The summed E-state index contributed by atoms with van der Waals surface area (Å²) in [5.41, 5.74) is 6.58. The van der Waals surface area contributed by atoms with E-state index in [1.807, 2.05) is 0 Å². The van der Waals surface area contributed by atoms with Gasteiger partial charge in [-0.2, -0.15) is 0 Å². The maximum Gasteiger partial charge on any atom is 0.0835 e. The van der Waals surface area contributed by atoms with Crippen LogP contribution in [0.3, 0.4) is 0 Å². The summed E-state index contributed by atoms with van der Waals surface area (Å²) in [6, 6.07) is 15.4. The van der Waals surface area contributed by atoms with E-state index in [2.05, 4.69) is 70.2 Å². The van der Waals surface area contributed by atoms with Crippen molar-refractivity contribution < 1.29 is 0 Å². The molecule has 0 fully saturated rings. The minimum atomic E-state index is -0.0672. The van der Waals surface area contributed by atoms with Crippen molar-refractivity contribution in [3.05, 3.63) is 70.3 Å². The summed E-state index contributed by atoms with van der Waals surface area (Å²) in [5, 5.41) is -0.0672. The number of halogens is 1. The van der Waals surface area contributed by atoms with Crippen LogP contribution < -0.4 is 0 Å². The van der Waals surface area contributed by atoms with Gasteiger partial charge in [-0.3, -0.25) is 0 Å². The molecule has 0 N–H and O–H groups in total. The van der Waals surface area contributed by atoms with Gasteiger partial charge in [0.25, 0.3) is 0 Å². The molecule has 0 saturated carbocycles. The van der Waals surface area contributed by atoms with Crippen LogP contribution in [0, 0.1) is 0 Å². The normalized spacial score (nSPS) is 12.7. The van der Waals surface area contributed by atoms with E-state index in [1.165, 1.54) is 27.8 Å². The van der Waals surface area contributed by atoms with Crippen molar-refractivity contribution in [3.8, 4) is 0 Å². The third-order valence-electron chi connectivity index (χ3n) is 4.18. The molecule has 0 spiro atoms.